The molecule has 68 valence electrons. The van der Waals surface area contributed by atoms with Crippen molar-refractivity contribution in [3.8, 4) is 12.3 Å². The van der Waals surface area contributed by atoms with Crippen LogP contribution < -0.4 is 0 Å². The van der Waals surface area contributed by atoms with Crippen LogP contribution in [0.25, 0.3) is 0 Å². The van der Waals surface area contributed by atoms with Crippen molar-refractivity contribution in [3.63, 3.8) is 0 Å². The summed E-state index contributed by atoms with van der Waals surface area (Å²) in [6.07, 6.45) is 6.86. The van der Waals surface area contributed by atoms with Crippen LogP contribution in [0, 0.1) is 12.3 Å². The van der Waals surface area contributed by atoms with Crippen molar-refractivity contribution in [1.29, 1.82) is 0 Å². The Labute approximate surface area is 77.7 Å². The maximum Gasteiger partial charge on any atom is 0.146 e. The average molecular weight is 177 g/mol. The summed E-state index contributed by atoms with van der Waals surface area (Å²) in [6.45, 7) is 0.780. The Hall–Kier alpha value is -1.37. The second kappa shape index (κ2) is 5.31. The fourth-order valence-electron chi connectivity index (χ4n) is 0.838. The first-order chi connectivity index (χ1) is 6.36. The predicted octanol–water partition coefficient (Wildman–Crippen LogP) is 1.18. The minimum absolute atomic E-state index is 0.289. The molecule has 13 heavy (non-hydrogen) atoms. The van der Waals surface area contributed by atoms with Gasteiger partial charge in [0.2, 0.25) is 0 Å². The first-order valence-electron chi connectivity index (χ1n) is 3.85. The van der Waals surface area contributed by atoms with Crippen LogP contribution in [0.4, 0.5) is 0 Å². The van der Waals surface area contributed by atoms with Gasteiger partial charge in [-0.2, -0.15) is 0 Å². The van der Waals surface area contributed by atoms with E-state index >= 15 is 0 Å². The summed E-state index contributed by atoms with van der Waals surface area (Å²) >= 11 is 0. The van der Waals surface area contributed by atoms with Gasteiger partial charge in [-0.05, 0) is 11.6 Å². The second-order valence-corrected chi connectivity index (χ2v) is 2.45. The lowest BCUT2D eigenvalue weighted by molar-refractivity contribution is -0.0391. The van der Waals surface area contributed by atoms with Gasteiger partial charge in [0, 0.05) is 13.3 Å². The number of pyridine rings is 1. The molecule has 0 bridgehead atoms. The third kappa shape index (κ3) is 3.24. The van der Waals surface area contributed by atoms with Crippen molar-refractivity contribution in [1.82, 2.24) is 4.98 Å². The molecule has 0 N–H and O–H groups in total. The maximum atomic E-state index is 5.16. The molecule has 0 unspecified atom stereocenters. The quantitative estimate of drug-likeness (QED) is 0.393. The van der Waals surface area contributed by atoms with E-state index in [-0.39, 0.29) is 6.79 Å². The molecule has 0 aliphatic rings. The van der Waals surface area contributed by atoms with E-state index in [1.807, 2.05) is 6.07 Å². The topological polar surface area (TPSA) is 31.4 Å². The fourth-order valence-corrected chi connectivity index (χ4v) is 0.838. The molecule has 0 amide bonds. The van der Waals surface area contributed by atoms with Crippen molar-refractivity contribution in [3.05, 3.63) is 29.6 Å². The van der Waals surface area contributed by atoms with Crippen molar-refractivity contribution in [2.75, 3.05) is 13.9 Å². The lowest BCUT2D eigenvalue weighted by Gasteiger charge is -2.01. The molecule has 3 nitrogen and oxygen atoms in total. The van der Waals surface area contributed by atoms with Crippen molar-refractivity contribution in [2.24, 2.45) is 0 Å². The SMILES string of the molecule is C#Cc1ccc(COCOC)cn1. The fraction of sp³-hybridized carbons (Fsp3) is 0.300. The van der Waals surface area contributed by atoms with Crippen molar-refractivity contribution in [2.45, 2.75) is 6.61 Å². The number of rotatable bonds is 4. The van der Waals surface area contributed by atoms with Crippen LogP contribution in [0.2, 0.25) is 0 Å². The van der Waals surface area contributed by atoms with Gasteiger partial charge < -0.3 is 9.47 Å². The molecule has 0 aromatic carbocycles. The summed E-state index contributed by atoms with van der Waals surface area (Å²) < 4.78 is 9.86. The molecule has 0 atom stereocenters. The molecule has 0 radical (unpaired) electrons. The van der Waals surface area contributed by atoms with E-state index in [0.29, 0.717) is 12.3 Å². The minimum atomic E-state index is 0.289. The Kier molecular flexibility index (Phi) is 3.97. The summed E-state index contributed by atoms with van der Waals surface area (Å²) in [7, 11) is 1.58. The number of terminal acetylenes is 1. The van der Waals surface area contributed by atoms with Gasteiger partial charge in [0.25, 0.3) is 0 Å². The minimum Gasteiger partial charge on any atom is -0.359 e. The van der Waals surface area contributed by atoms with Crippen LogP contribution in [0.15, 0.2) is 18.3 Å². The van der Waals surface area contributed by atoms with Gasteiger partial charge in [-0.1, -0.05) is 12.0 Å². The number of hydrogen-bond acceptors (Lipinski definition) is 3. The molecule has 0 saturated carbocycles. The molecule has 0 saturated heterocycles. The van der Waals surface area contributed by atoms with Crippen LogP contribution in [0.1, 0.15) is 11.3 Å². The van der Waals surface area contributed by atoms with Gasteiger partial charge in [0.05, 0.1) is 6.61 Å². The molecule has 0 aliphatic carbocycles. The number of hydrogen-bond donors (Lipinski definition) is 0. The Morgan fingerprint density at radius 1 is 1.54 bits per heavy atom. The Morgan fingerprint density at radius 3 is 2.92 bits per heavy atom. The number of methoxy groups -OCH3 is 1. The molecule has 3 heteroatoms. The first kappa shape index (κ1) is 9.72. The molecule has 1 rings (SSSR count). The number of ether oxygens (including phenoxy) is 2. The summed E-state index contributed by atoms with van der Waals surface area (Å²) in [4.78, 5) is 4.02. The van der Waals surface area contributed by atoms with Crippen LogP contribution >= 0.6 is 0 Å². The number of aromatic nitrogens is 1. The molecular weight excluding hydrogens is 166 g/mol. The Morgan fingerprint density at radius 2 is 2.38 bits per heavy atom. The van der Waals surface area contributed by atoms with Crippen LogP contribution in [0.3, 0.4) is 0 Å². The van der Waals surface area contributed by atoms with E-state index in [9.17, 15) is 0 Å². The predicted molar refractivity (Wildman–Crippen MR) is 48.8 cm³/mol. The molecule has 0 fully saturated rings. The zero-order valence-corrected chi connectivity index (χ0v) is 7.49. The van der Waals surface area contributed by atoms with E-state index in [1.54, 1.807) is 19.4 Å². The summed E-state index contributed by atoms with van der Waals surface area (Å²) in [6, 6.07) is 3.67. The summed E-state index contributed by atoms with van der Waals surface area (Å²) in [5.41, 5.74) is 1.62. The lowest BCUT2D eigenvalue weighted by Crippen LogP contribution is -1.97. The molecule has 1 aromatic heterocycles. The largest absolute Gasteiger partial charge is 0.359 e. The number of nitrogens with zero attached hydrogens (tertiary/aromatic N) is 1. The highest BCUT2D eigenvalue weighted by Gasteiger charge is 1.93. The third-order valence-corrected chi connectivity index (χ3v) is 1.44. The van der Waals surface area contributed by atoms with Gasteiger partial charge in [0.1, 0.15) is 12.5 Å². The smallest absolute Gasteiger partial charge is 0.146 e. The Bertz CT molecular complexity index is 287. The van der Waals surface area contributed by atoms with E-state index in [1.165, 1.54) is 0 Å². The lowest BCUT2D eigenvalue weighted by atomic mass is 10.3. The molecule has 0 aliphatic heterocycles. The van der Waals surface area contributed by atoms with Gasteiger partial charge in [-0.15, -0.1) is 6.42 Å². The molecule has 1 heterocycles. The van der Waals surface area contributed by atoms with Gasteiger partial charge in [-0.25, -0.2) is 4.98 Å². The van der Waals surface area contributed by atoms with Crippen molar-refractivity contribution < 1.29 is 9.47 Å². The zero-order valence-electron chi connectivity index (χ0n) is 7.49. The van der Waals surface area contributed by atoms with Crippen LogP contribution in [0.5, 0.6) is 0 Å². The second-order valence-electron chi connectivity index (χ2n) is 2.45. The highest BCUT2D eigenvalue weighted by atomic mass is 16.7. The van der Waals surface area contributed by atoms with Gasteiger partial charge >= 0.3 is 0 Å². The van der Waals surface area contributed by atoms with E-state index in [2.05, 4.69) is 10.9 Å². The normalized spacial score (nSPS) is 9.54. The molecule has 1 aromatic rings. The summed E-state index contributed by atoms with van der Waals surface area (Å²) in [5.74, 6) is 2.44. The van der Waals surface area contributed by atoms with E-state index in [0.717, 1.165) is 5.56 Å². The van der Waals surface area contributed by atoms with Crippen LogP contribution in [-0.2, 0) is 16.1 Å². The highest BCUT2D eigenvalue weighted by Crippen LogP contribution is 2.00. The average Bonchev–Trinajstić information content (AvgIpc) is 2.19. The van der Waals surface area contributed by atoms with E-state index in [4.69, 9.17) is 15.9 Å². The first-order valence-corrected chi connectivity index (χ1v) is 3.85. The summed E-state index contributed by atoms with van der Waals surface area (Å²) in [5, 5.41) is 0. The molecule has 0 spiro atoms. The Balaban J connectivity index is 2.46. The molecular formula is C10H11NO2. The standard InChI is InChI=1S/C10H11NO2/c1-3-10-5-4-9(6-11-10)7-13-8-12-2/h1,4-6H,7-8H2,2H3. The monoisotopic (exact) mass is 177 g/mol. The zero-order chi connectivity index (χ0) is 9.52. The maximum absolute atomic E-state index is 5.16. The highest BCUT2D eigenvalue weighted by molar-refractivity contribution is 5.25. The van der Waals surface area contributed by atoms with Crippen molar-refractivity contribution >= 4 is 0 Å². The van der Waals surface area contributed by atoms with Crippen LogP contribution in [-0.4, -0.2) is 18.9 Å². The van der Waals surface area contributed by atoms with Gasteiger partial charge in [0.15, 0.2) is 0 Å². The van der Waals surface area contributed by atoms with Gasteiger partial charge in [-0.3, -0.25) is 0 Å². The third-order valence-electron chi connectivity index (χ3n) is 1.44. The van der Waals surface area contributed by atoms with E-state index < -0.39 is 0 Å².